The van der Waals surface area contributed by atoms with E-state index < -0.39 is 0 Å². The van der Waals surface area contributed by atoms with E-state index in [0.717, 1.165) is 5.56 Å². The van der Waals surface area contributed by atoms with Crippen LogP contribution in [0.3, 0.4) is 0 Å². The van der Waals surface area contributed by atoms with Crippen LogP contribution in [-0.4, -0.2) is 36.6 Å². The maximum absolute atomic E-state index is 11.7. The lowest BCUT2D eigenvalue weighted by Gasteiger charge is -2.07. The minimum Gasteiger partial charge on any atom is -0.376 e. The Labute approximate surface area is 133 Å². The molecule has 0 saturated heterocycles. The molecule has 1 aromatic carbocycles. The monoisotopic (exact) mass is 311 g/mol. The molecule has 0 unspecified atom stereocenters. The van der Waals surface area contributed by atoms with Crippen molar-refractivity contribution in [1.82, 2.24) is 15.7 Å². The summed E-state index contributed by atoms with van der Waals surface area (Å²) >= 11 is 0. The molecule has 23 heavy (non-hydrogen) atoms. The Kier molecular flexibility index (Phi) is 5.81. The fourth-order valence-electron chi connectivity index (χ4n) is 1.76. The highest BCUT2D eigenvalue weighted by Gasteiger charge is 2.04. The SMILES string of the molecule is CNC(=O)c1cccc(NCC(=O)NN=Cc2ccncc2)c1. The van der Waals surface area contributed by atoms with Crippen molar-refractivity contribution in [3.05, 3.63) is 59.9 Å². The predicted molar refractivity (Wildman–Crippen MR) is 88.3 cm³/mol. The number of nitrogens with zero attached hydrogens (tertiary/aromatic N) is 2. The van der Waals surface area contributed by atoms with E-state index in [1.54, 1.807) is 55.8 Å². The molecule has 0 spiro atoms. The van der Waals surface area contributed by atoms with Crippen LogP contribution in [0.4, 0.5) is 5.69 Å². The average Bonchev–Trinajstić information content (AvgIpc) is 2.60. The number of aromatic nitrogens is 1. The van der Waals surface area contributed by atoms with Crippen molar-refractivity contribution in [2.45, 2.75) is 0 Å². The number of nitrogens with one attached hydrogen (secondary N) is 3. The molecule has 0 aliphatic heterocycles. The molecule has 1 heterocycles. The largest absolute Gasteiger partial charge is 0.376 e. The lowest BCUT2D eigenvalue weighted by molar-refractivity contribution is -0.119. The number of hydrazone groups is 1. The maximum atomic E-state index is 11.7. The lowest BCUT2D eigenvalue weighted by Crippen LogP contribution is -2.26. The number of hydrogen-bond donors (Lipinski definition) is 3. The number of anilines is 1. The molecule has 0 bridgehead atoms. The Morgan fingerprint density at radius 1 is 1.22 bits per heavy atom. The number of carbonyl (C=O) groups is 2. The van der Waals surface area contributed by atoms with E-state index in [1.807, 2.05) is 0 Å². The average molecular weight is 311 g/mol. The summed E-state index contributed by atoms with van der Waals surface area (Å²) in [6.45, 7) is 0.0465. The number of hydrogen-bond acceptors (Lipinski definition) is 5. The summed E-state index contributed by atoms with van der Waals surface area (Å²) in [4.78, 5) is 27.1. The van der Waals surface area contributed by atoms with Gasteiger partial charge in [0.05, 0.1) is 12.8 Å². The smallest absolute Gasteiger partial charge is 0.259 e. The van der Waals surface area contributed by atoms with E-state index in [2.05, 4.69) is 26.1 Å². The standard InChI is InChI=1S/C16H17N5O2/c1-17-16(23)13-3-2-4-14(9-13)19-11-15(22)21-20-10-12-5-7-18-8-6-12/h2-10,19H,11H2,1H3,(H,17,23)(H,21,22). The van der Waals surface area contributed by atoms with Crippen molar-refractivity contribution in [2.75, 3.05) is 18.9 Å². The van der Waals surface area contributed by atoms with Gasteiger partial charge in [0, 0.05) is 30.7 Å². The number of amides is 2. The van der Waals surface area contributed by atoms with E-state index in [-0.39, 0.29) is 18.4 Å². The van der Waals surface area contributed by atoms with Gasteiger partial charge in [0.15, 0.2) is 0 Å². The number of rotatable bonds is 6. The molecule has 1 aromatic heterocycles. The first-order valence-electron chi connectivity index (χ1n) is 6.97. The second kappa shape index (κ2) is 8.28. The molecule has 0 fully saturated rings. The van der Waals surface area contributed by atoms with E-state index in [0.29, 0.717) is 11.3 Å². The Balaban J connectivity index is 1.82. The summed E-state index contributed by atoms with van der Waals surface area (Å²) < 4.78 is 0. The van der Waals surface area contributed by atoms with Gasteiger partial charge in [-0.25, -0.2) is 5.43 Å². The molecule has 7 nitrogen and oxygen atoms in total. The van der Waals surface area contributed by atoms with Crippen molar-refractivity contribution in [3.8, 4) is 0 Å². The van der Waals surface area contributed by atoms with Crippen LogP contribution >= 0.6 is 0 Å². The van der Waals surface area contributed by atoms with Gasteiger partial charge >= 0.3 is 0 Å². The maximum Gasteiger partial charge on any atom is 0.259 e. The molecule has 0 radical (unpaired) electrons. The first-order chi connectivity index (χ1) is 11.2. The topological polar surface area (TPSA) is 95.5 Å². The highest BCUT2D eigenvalue weighted by molar-refractivity contribution is 5.95. The fraction of sp³-hybridized carbons (Fsp3) is 0.125. The van der Waals surface area contributed by atoms with E-state index >= 15 is 0 Å². The van der Waals surface area contributed by atoms with E-state index in [4.69, 9.17) is 0 Å². The van der Waals surface area contributed by atoms with Gasteiger partial charge in [-0.2, -0.15) is 5.10 Å². The van der Waals surface area contributed by atoms with Gasteiger partial charge in [-0.15, -0.1) is 0 Å². The van der Waals surface area contributed by atoms with Crippen LogP contribution in [0.2, 0.25) is 0 Å². The van der Waals surface area contributed by atoms with Gasteiger partial charge < -0.3 is 10.6 Å². The molecular weight excluding hydrogens is 294 g/mol. The third kappa shape index (κ3) is 5.24. The van der Waals surface area contributed by atoms with Crippen LogP contribution in [0.1, 0.15) is 15.9 Å². The minimum absolute atomic E-state index is 0.0465. The number of carbonyl (C=O) groups excluding carboxylic acids is 2. The summed E-state index contributed by atoms with van der Waals surface area (Å²) in [5, 5.41) is 9.34. The third-order valence-corrected chi connectivity index (χ3v) is 2.91. The van der Waals surface area contributed by atoms with Crippen LogP contribution < -0.4 is 16.1 Å². The number of pyridine rings is 1. The van der Waals surface area contributed by atoms with Crippen LogP contribution in [0.5, 0.6) is 0 Å². The Morgan fingerprint density at radius 2 is 2.00 bits per heavy atom. The molecule has 0 atom stereocenters. The Bertz CT molecular complexity index is 701. The molecule has 2 amide bonds. The summed E-state index contributed by atoms with van der Waals surface area (Å²) in [6.07, 6.45) is 4.82. The van der Waals surface area contributed by atoms with Crippen molar-refractivity contribution in [3.63, 3.8) is 0 Å². The Morgan fingerprint density at radius 3 is 2.74 bits per heavy atom. The van der Waals surface area contributed by atoms with Gasteiger partial charge in [0.1, 0.15) is 0 Å². The zero-order valence-corrected chi connectivity index (χ0v) is 12.6. The molecule has 2 rings (SSSR count). The van der Waals surface area contributed by atoms with Crippen molar-refractivity contribution in [2.24, 2.45) is 5.10 Å². The minimum atomic E-state index is -0.291. The van der Waals surface area contributed by atoms with E-state index in [1.165, 1.54) is 6.21 Å². The van der Waals surface area contributed by atoms with Gasteiger partial charge in [0.2, 0.25) is 0 Å². The molecule has 7 heteroatoms. The second-order valence-corrected chi connectivity index (χ2v) is 4.59. The quantitative estimate of drug-likeness (QED) is 0.548. The first kappa shape index (κ1) is 16.2. The normalized spacial score (nSPS) is 10.3. The van der Waals surface area contributed by atoms with E-state index in [9.17, 15) is 9.59 Å². The molecule has 0 aliphatic carbocycles. The van der Waals surface area contributed by atoms with Gasteiger partial charge in [0.25, 0.3) is 11.8 Å². The highest BCUT2D eigenvalue weighted by Crippen LogP contribution is 2.10. The second-order valence-electron chi connectivity index (χ2n) is 4.59. The molecule has 3 N–H and O–H groups in total. The highest BCUT2D eigenvalue weighted by atomic mass is 16.2. The van der Waals surface area contributed by atoms with Crippen LogP contribution in [0.15, 0.2) is 53.9 Å². The zero-order chi connectivity index (χ0) is 16.5. The van der Waals surface area contributed by atoms with Gasteiger partial charge in [-0.3, -0.25) is 14.6 Å². The molecule has 118 valence electrons. The summed E-state index contributed by atoms with van der Waals surface area (Å²) in [6, 6.07) is 10.4. The fourth-order valence-corrected chi connectivity index (χ4v) is 1.76. The molecule has 0 aliphatic rings. The van der Waals surface area contributed by atoms with Crippen molar-refractivity contribution in [1.29, 1.82) is 0 Å². The summed E-state index contributed by atoms with van der Waals surface area (Å²) in [7, 11) is 1.57. The lowest BCUT2D eigenvalue weighted by atomic mass is 10.2. The number of benzene rings is 1. The molecule has 2 aromatic rings. The van der Waals surface area contributed by atoms with Crippen molar-refractivity contribution >= 4 is 23.7 Å². The molecular formula is C16H17N5O2. The van der Waals surface area contributed by atoms with Gasteiger partial charge in [-0.05, 0) is 35.9 Å². The zero-order valence-electron chi connectivity index (χ0n) is 12.6. The van der Waals surface area contributed by atoms with Crippen LogP contribution in [0, 0.1) is 0 Å². The first-order valence-corrected chi connectivity index (χ1v) is 6.97. The Hall–Kier alpha value is -3.22. The van der Waals surface area contributed by atoms with Crippen LogP contribution in [-0.2, 0) is 4.79 Å². The third-order valence-electron chi connectivity index (χ3n) is 2.91. The molecule has 0 saturated carbocycles. The van der Waals surface area contributed by atoms with Gasteiger partial charge in [-0.1, -0.05) is 6.07 Å². The predicted octanol–water partition coefficient (Wildman–Crippen LogP) is 1.00. The van der Waals surface area contributed by atoms with Crippen LogP contribution in [0.25, 0.3) is 0 Å². The van der Waals surface area contributed by atoms with Crippen molar-refractivity contribution < 1.29 is 9.59 Å². The summed E-state index contributed by atoms with van der Waals surface area (Å²) in [5.74, 6) is -0.472. The summed E-state index contributed by atoms with van der Waals surface area (Å²) in [5.41, 5.74) is 4.46.